The number of halogens is 1. The summed E-state index contributed by atoms with van der Waals surface area (Å²) in [5.74, 6) is 0.726. The van der Waals surface area contributed by atoms with Gasteiger partial charge in [-0.1, -0.05) is 18.5 Å². The minimum atomic E-state index is 0.621. The fraction of sp³-hybridized carbons (Fsp3) is 0.308. The molecule has 0 spiro atoms. The van der Waals surface area contributed by atoms with E-state index in [0.29, 0.717) is 11.6 Å². The second-order valence-electron chi connectivity index (χ2n) is 3.56. The second kappa shape index (κ2) is 5.52. The van der Waals surface area contributed by atoms with Crippen molar-refractivity contribution in [3.8, 4) is 17.0 Å². The normalized spacial score (nSPS) is 10.5. The minimum Gasteiger partial charge on any atom is -0.492 e. The molecule has 2 aromatic rings. The summed E-state index contributed by atoms with van der Waals surface area (Å²) in [7, 11) is 0. The van der Waals surface area contributed by atoms with Crippen LogP contribution in [0.1, 0.15) is 18.9 Å². The van der Waals surface area contributed by atoms with E-state index in [-0.39, 0.29) is 0 Å². The zero-order valence-corrected chi connectivity index (χ0v) is 11.4. The van der Waals surface area contributed by atoms with Crippen molar-refractivity contribution >= 4 is 22.9 Å². The van der Waals surface area contributed by atoms with Crippen molar-refractivity contribution in [2.45, 2.75) is 20.3 Å². The molecule has 90 valence electrons. The van der Waals surface area contributed by atoms with Crippen LogP contribution in [0, 0.1) is 0 Å². The molecule has 0 saturated carbocycles. The average Bonchev–Trinajstić information content (AvgIpc) is 2.80. The molecule has 4 heteroatoms. The van der Waals surface area contributed by atoms with Crippen molar-refractivity contribution in [1.29, 1.82) is 0 Å². The van der Waals surface area contributed by atoms with Gasteiger partial charge < -0.3 is 4.74 Å². The van der Waals surface area contributed by atoms with Gasteiger partial charge in [0.2, 0.25) is 0 Å². The Morgan fingerprint density at radius 1 is 1.35 bits per heavy atom. The molecular weight excluding hydrogens is 254 g/mol. The highest BCUT2D eigenvalue weighted by atomic mass is 35.5. The number of aromatic nitrogens is 1. The zero-order valence-electron chi connectivity index (χ0n) is 9.87. The Bertz CT molecular complexity index is 510. The van der Waals surface area contributed by atoms with Crippen LogP contribution in [0.2, 0.25) is 5.02 Å². The molecule has 0 bridgehead atoms. The maximum atomic E-state index is 6.15. The third kappa shape index (κ3) is 2.79. The predicted octanol–water partition coefficient (Wildman–Crippen LogP) is 4.42. The largest absolute Gasteiger partial charge is 0.492 e. The number of nitrogens with zero attached hydrogens (tertiary/aromatic N) is 1. The van der Waals surface area contributed by atoms with Crippen molar-refractivity contribution in [3.05, 3.63) is 33.6 Å². The molecular formula is C13H14ClNOS. The first-order valence-electron chi connectivity index (χ1n) is 5.61. The molecule has 17 heavy (non-hydrogen) atoms. The van der Waals surface area contributed by atoms with Gasteiger partial charge in [-0.05, 0) is 31.5 Å². The van der Waals surface area contributed by atoms with Gasteiger partial charge in [-0.25, -0.2) is 4.98 Å². The number of hydrogen-bond donors (Lipinski definition) is 0. The van der Waals surface area contributed by atoms with E-state index in [9.17, 15) is 0 Å². The Hall–Kier alpha value is -1.06. The van der Waals surface area contributed by atoms with E-state index >= 15 is 0 Å². The molecule has 1 aromatic heterocycles. The summed E-state index contributed by atoms with van der Waals surface area (Å²) in [5, 5.41) is 3.84. The summed E-state index contributed by atoms with van der Waals surface area (Å²) < 4.78 is 5.40. The van der Waals surface area contributed by atoms with Crippen molar-refractivity contribution in [2.24, 2.45) is 0 Å². The predicted molar refractivity (Wildman–Crippen MR) is 73.1 cm³/mol. The number of hydrogen-bond acceptors (Lipinski definition) is 3. The lowest BCUT2D eigenvalue weighted by Gasteiger charge is -2.06. The second-order valence-corrected chi connectivity index (χ2v) is 4.91. The maximum absolute atomic E-state index is 6.15. The highest BCUT2D eigenvalue weighted by Crippen LogP contribution is 2.31. The molecule has 0 aliphatic carbocycles. The molecule has 1 aromatic carbocycles. The van der Waals surface area contributed by atoms with Crippen LogP contribution >= 0.6 is 22.9 Å². The molecule has 0 radical (unpaired) electrons. The van der Waals surface area contributed by atoms with E-state index in [1.807, 2.05) is 25.1 Å². The van der Waals surface area contributed by atoms with E-state index in [2.05, 4.69) is 17.3 Å². The molecule has 0 N–H and O–H groups in total. The van der Waals surface area contributed by atoms with Crippen LogP contribution in [-0.4, -0.2) is 11.6 Å². The first kappa shape index (κ1) is 12.4. The molecule has 0 aliphatic heterocycles. The quantitative estimate of drug-likeness (QED) is 0.818. The van der Waals surface area contributed by atoms with E-state index in [1.165, 1.54) is 0 Å². The van der Waals surface area contributed by atoms with Gasteiger partial charge in [0.15, 0.2) is 0 Å². The summed E-state index contributed by atoms with van der Waals surface area (Å²) in [6.07, 6.45) is 0.968. The SMILES string of the molecule is CCOc1ccc(-c2csc(CC)n2)cc1Cl. The number of thiazole rings is 1. The van der Waals surface area contributed by atoms with Crippen LogP contribution in [0.15, 0.2) is 23.6 Å². The smallest absolute Gasteiger partial charge is 0.137 e. The summed E-state index contributed by atoms with van der Waals surface area (Å²) in [5.41, 5.74) is 2.02. The van der Waals surface area contributed by atoms with Crippen LogP contribution in [-0.2, 0) is 6.42 Å². The molecule has 0 unspecified atom stereocenters. The zero-order chi connectivity index (χ0) is 12.3. The van der Waals surface area contributed by atoms with Gasteiger partial charge in [-0.15, -0.1) is 11.3 Å². The fourth-order valence-corrected chi connectivity index (χ4v) is 2.53. The Morgan fingerprint density at radius 2 is 2.18 bits per heavy atom. The molecule has 0 saturated heterocycles. The lowest BCUT2D eigenvalue weighted by Crippen LogP contribution is -1.92. The van der Waals surface area contributed by atoms with Crippen molar-refractivity contribution < 1.29 is 4.74 Å². The first-order valence-corrected chi connectivity index (χ1v) is 6.87. The maximum Gasteiger partial charge on any atom is 0.137 e. The van der Waals surface area contributed by atoms with Crippen LogP contribution in [0.25, 0.3) is 11.3 Å². The monoisotopic (exact) mass is 267 g/mol. The molecule has 2 rings (SSSR count). The molecule has 0 fully saturated rings. The summed E-state index contributed by atoms with van der Waals surface area (Å²) in [6, 6.07) is 5.79. The van der Waals surface area contributed by atoms with Crippen molar-refractivity contribution in [1.82, 2.24) is 4.98 Å². The average molecular weight is 268 g/mol. The lowest BCUT2D eigenvalue weighted by molar-refractivity contribution is 0.340. The molecule has 0 amide bonds. The van der Waals surface area contributed by atoms with Gasteiger partial charge >= 0.3 is 0 Å². The number of aryl methyl sites for hydroxylation is 1. The number of benzene rings is 1. The van der Waals surface area contributed by atoms with E-state index < -0.39 is 0 Å². The molecule has 0 atom stereocenters. The van der Waals surface area contributed by atoms with Gasteiger partial charge in [0, 0.05) is 10.9 Å². The van der Waals surface area contributed by atoms with Gasteiger partial charge in [0.05, 0.1) is 22.3 Å². The topological polar surface area (TPSA) is 22.1 Å². The lowest BCUT2D eigenvalue weighted by atomic mass is 10.2. The first-order chi connectivity index (χ1) is 8.24. The highest BCUT2D eigenvalue weighted by Gasteiger charge is 2.07. The minimum absolute atomic E-state index is 0.621. The third-order valence-electron chi connectivity index (χ3n) is 2.38. The van der Waals surface area contributed by atoms with Crippen LogP contribution in [0.5, 0.6) is 5.75 Å². The molecule has 0 aliphatic rings. The molecule has 1 heterocycles. The number of ether oxygens (including phenoxy) is 1. The Kier molecular flexibility index (Phi) is 4.02. The van der Waals surface area contributed by atoms with E-state index in [0.717, 1.165) is 28.4 Å². The van der Waals surface area contributed by atoms with Gasteiger partial charge in [0.25, 0.3) is 0 Å². The molecule has 2 nitrogen and oxygen atoms in total. The van der Waals surface area contributed by atoms with Crippen LogP contribution in [0.3, 0.4) is 0 Å². The fourth-order valence-electron chi connectivity index (χ4n) is 1.54. The van der Waals surface area contributed by atoms with Crippen LogP contribution in [0.4, 0.5) is 0 Å². The summed E-state index contributed by atoms with van der Waals surface area (Å²) in [4.78, 5) is 4.53. The summed E-state index contributed by atoms with van der Waals surface area (Å²) in [6.45, 7) is 4.67. The van der Waals surface area contributed by atoms with Crippen molar-refractivity contribution in [3.63, 3.8) is 0 Å². The number of rotatable bonds is 4. The van der Waals surface area contributed by atoms with Gasteiger partial charge in [-0.3, -0.25) is 0 Å². The third-order valence-corrected chi connectivity index (χ3v) is 3.67. The Labute approximate surface area is 110 Å². The van der Waals surface area contributed by atoms with Gasteiger partial charge in [-0.2, -0.15) is 0 Å². The highest BCUT2D eigenvalue weighted by molar-refractivity contribution is 7.09. The summed E-state index contributed by atoms with van der Waals surface area (Å²) >= 11 is 7.83. The van der Waals surface area contributed by atoms with E-state index in [1.54, 1.807) is 11.3 Å². The van der Waals surface area contributed by atoms with Gasteiger partial charge in [0.1, 0.15) is 5.75 Å². The Morgan fingerprint density at radius 3 is 2.76 bits per heavy atom. The van der Waals surface area contributed by atoms with Crippen molar-refractivity contribution in [2.75, 3.05) is 6.61 Å². The Balaban J connectivity index is 2.30. The van der Waals surface area contributed by atoms with Crippen LogP contribution < -0.4 is 4.74 Å². The standard InChI is InChI=1S/C13H14ClNOS/c1-3-13-15-11(8-17-13)9-5-6-12(16-4-2)10(14)7-9/h5-8H,3-4H2,1-2H3. The van der Waals surface area contributed by atoms with E-state index in [4.69, 9.17) is 16.3 Å².